The van der Waals surface area contributed by atoms with E-state index in [0.717, 1.165) is 30.4 Å². The molecule has 0 aromatic carbocycles. The lowest BCUT2D eigenvalue weighted by atomic mass is 9.61. The SMILES string of the molecule is CCCCCCCCCCCCC1=C2C3=C(C=C[C@]2(C)C(n2cnc(C(=O)OC)c2)=C1)[C@]1(C)CC=C(OS(C)(=O)=O)C=C1C=C3. The molecule has 0 saturated carbocycles. The van der Waals surface area contributed by atoms with Gasteiger partial charge in [0.1, 0.15) is 5.76 Å². The Hall–Kier alpha value is -3.39. The summed E-state index contributed by atoms with van der Waals surface area (Å²) in [5.41, 5.74) is 6.76. The number of fused-ring (bicyclic) bond motifs is 4. The van der Waals surface area contributed by atoms with Crippen molar-refractivity contribution in [3.8, 4) is 0 Å². The van der Waals surface area contributed by atoms with Crippen LogP contribution < -0.4 is 0 Å². The Bertz CT molecular complexity index is 1650. The van der Waals surface area contributed by atoms with E-state index in [1.165, 1.54) is 87.2 Å². The summed E-state index contributed by atoms with van der Waals surface area (Å²) in [5.74, 6) is -0.0806. The molecule has 2 atom stereocenters. The number of hydrogen-bond donors (Lipinski definition) is 0. The first-order chi connectivity index (χ1) is 21.5. The molecule has 8 heteroatoms. The van der Waals surface area contributed by atoms with Crippen molar-refractivity contribution in [3.05, 3.63) is 94.4 Å². The van der Waals surface area contributed by atoms with E-state index in [9.17, 15) is 13.2 Å². The van der Waals surface area contributed by atoms with Crippen LogP contribution in [0.5, 0.6) is 0 Å². The summed E-state index contributed by atoms with van der Waals surface area (Å²) in [4.78, 5) is 16.6. The fourth-order valence-electron chi connectivity index (χ4n) is 7.30. The largest absolute Gasteiger partial charge is 0.464 e. The van der Waals surface area contributed by atoms with Gasteiger partial charge in [-0.2, -0.15) is 8.42 Å². The molecule has 1 aromatic heterocycles. The summed E-state index contributed by atoms with van der Waals surface area (Å²) < 4.78 is 35.7. The van der Waals surface area contributed by atoms with Crippen LogP contribution in [0.25, 0.3) is 5.70 Å². The number of nitrogens with zero attached hydrogens (tertiary/aromatic N) is 2. The lowest BCUT2D eigenvalue weighted by Crippen LogP contribution is -2.31. The minimum absolute atomic E-state index is 0.285. The first kappa shape index (κ1) is 33.0. The van der Waals surface area contributed by atoms with E-state index in [2.05, 4.69) is 56.1 Å². The number of esters is 1. The molecule has 0 spiro atoms. The van der Waals surface area contributed by atoms with Gasteiger partial charge in [0.25, 0.3) is 0 Å². The molecule has 0 fully saturated rings. The summed E-state index contributed by atoms with van der Waals surface area (Å²) in [6.45, 7) is 6.74. The number of rotatable bonds is 15. The molecule has 1 heterocycles. The Kier molecular flexibility index (Phi) is 9.92. The molecule has 4 aliphatic rings. The Morgan fingerprint density at radius 3 is 2.33 bits per heavy atom. The topological polar surface area (TPSA) is 87.5 Å². The summed E-state index contributed by atoms with van der Waals surface area (Å²) in [5, 5.41) is 0. The zero-order valence-corrected chi connectivity index (χ0v) is 28.3. The molecule has 0 radical (unpaired) electrons. The molecule has 7 nitrogen and oxygen atoms in total. The van der Waals surface area contributed by atoms with Crippen LogP contribution in [-0.2, 0) is 19.0 Å². The van der Waals surface area contributed by atoms with Crippen molar-refractivity contribution in [1.29, 1.82) is 0 Å². The van der Waals surface area contributed by atoms with Gasteiger partial charge in [0.2, 0.25) is 0 Å². The van der Waals surface area contributed by atoms with Gasteiger partial charge in [0, 0.05) is 17.3 Å². The highest BCUT2D eigenvalue weighted by atomic mass is 32.2. The fourth-order valence-corrected chi connectivity index (χ4v) is 7.77. The number of carbonyl (C=O) groups excluding carboxylic acids is 1. The van der Waals surface area contributed by atoms with E-state index in [1.54, 1.807) is 12.5 Å². The number of hydrogen-bond acceptors (Lipinski definition) is 6. The highest BCUT2D eigenvalue weighted by molar-refractivity contribution is 7.86. The summed E-state index contributed by atoms with van der Waals surface area (Å²) >= 11 is 0. The zero-order valence-electron chi connectivity index (χ0n) is 27.5. The Labute approximate surface area is 269 Å². The van der Waals surface area contributed by atoms with Crippen LogP contribution >= 0.6 is 0 Å². The number of imidazole rings is 1. The van der Waals surface area contributed by atoms with Crippen LogP contribution in [-0.4, -0.2) is 37.3 Å². The van der Waals surface area contributed by atoms with Gasteiger partial charge in [-0.1, -0.05) is 95.9 Å². The van der Waals surface area contributed by atoms with E-state index >= 15 is 0 Å². The second-order valence-corrected chi connectivity index (χ2v) is 14.8. The molecular formula is C37H48N2O5S. The summed E-state index contributed by atoms with van der Waals surface area (Å²) in [6, 6.07) is 0. The lowest BCUT2D eigenvalue weighted by Gasteiger charge is -2.43. The number of unbranched alkanes of at least 4 members (excludes halogenated alkanes) is 9. The number of allylic oxidation sites excluding steroid dienone is 13. The van der Waals surface area contributed by atoms with Gasteiger partial charge in [-0.05, 0) is 72.3 Å². The van der Waals surface area contributed by atoms with Crippen LogP contribution in [0, 0.1) is 10.8 Å². The van der Waals surface area contributed by atoms with E-state index in [-0.39, 0.29) is 11.1 Å². The third-order valence-electron chi connectivity index (χ3n) is 9.80. The molecule has 0 saturated heterocycles. The first-order valence-electron chi connectivity index (χ1n) is 16.5. The normalized spacial score (nSPS) is 23.7. The van der Waals surface area contributed by atoms with Gasteiger partial charge >= 0.3 is 16.1 Å². The number of carbonyl (C=O) groups is 1. The maximum absolute atomic E-state index is 12.2. The van der Waals surface area contributed by atoms with Crippen LogP contribution in [0.4, 0.5) is 0 Å². The molecule has 1 aromatic rings. The van der Waals surface area contributed by atoms with Crippen molar-refractivity contribution in [3.63, 3.8) is 0 Å². The number of ether oxygens (including phenoxy) is 1. The molecular weight excluding hydrogens is 584 g/mol. The van der Waals surface area contributed by atoms with Crippen molar-refractivity contribution in [2.45, 2.75) is 97.8 Å². The van der Waals surface area contributed by atoms with E-state index in [1.807, 2.05) is 16.7 Å². The number of methoxy groups -OCH3 is 1. The molecule has 242 valence electrons. The molecule has 0 N–H and O–H groups in total. The van der Waals surface area contributed by atoms with Crippen LogP contribution in [0.1, 0.15) is 108 Å². The Morgan fingerprint density at radius 2 is 1.67 bits per heavy atom. The summed E-state index contributed by atoms with van der Waals surface area (Å²) in [6.07, 6.45) is 33.9. The Balaban J connectivity index is 1.40. The van der Waals surface area contributed by atoms with Crippen molar-refractivity contribution in [2.75, 3.05) is 13.4 Å². The lowest BCUT2D eigenvalue weighted by molar-refractivity contribution is 0.0594. The van der Waals surface area contributed by atoms with Gasteiger partial charge in [-0.25, -0.2) is 9.78 Å². The van der Waals surface area contributed by atoms with Gasteiger partial charge < -0.3 is 13.5 Å². The van der Waals surface area contributed by atoms with Crippen LogP contribution in [0.2, 0.25) is 0 Å². The molecule has 4 aliphatic carbocycles. The average Bonchev–Trinajstić information content (AvgIpc) is 3.59. The quantitative estimate of drug-likeness (QED) is 0.109. The second-order valence-electron chi connectivity index (χ2n) is 13.2. The van der Waals surface area contributed by atoms with Crippen molar-refractivity contribution < 1.29 is 22.1 Å². The maximum Gasteiger partial charge on any atom is 0.358 e. The monoisotopic (exact) mass is 632 g/mol. The number of aromatic nitrogens is 2. The van der Waals surface area contributed by atoms with Gasteiger partial charge in [0.15, 0.2) is 5.69 Å². The highest BCUT2D eigenvalue weighted by Crippen LogP contribution is 2.59. The van der Waals surface area contributed by atoms with E-state index in [0.29, 0.717) is 12.2 Å². The maximum atomic E-state index is 12.2. The van der Waals surface area contributed by atoms with Crippen LogP contribution in [0.15, 0.2) is 88.7 Å². The minimum Gasteiger partial charge on any atom is -0.464 e. The molecule has 0 amide bonds. The minimum atomic E-state index is -3.61. The van der Waals surface area contributed by atoms with Gasteiger partial charge in [-0.3, -0.25) is 0 Å². The average molecular weight is 633 g/mol. The molecule has 5 rings (SSSR count). The predicted octanol–water partition coefficient (Wildman–Crippen LogP) is 8.77. The van der Waals surface area contributed by atoms with E-state index in [4.69, 9.17) is 8.92 Å². The molecule has 0 aliphatic heterocycles. The Morgan fingerprint density at radius 1 is 0.978 bits per heavy atom. The fraction of sp³-hybridized carbons (Fsp3) is 0.514. The second kappa shape index (κ2) is 13.5. The molecule has 0 unspecified atom stereocenters. The smallest absolute Gasteiger partial charge is 0.358 e. The standard InChI is InChI=1S/C37H48N2O5S/c1-6-7-8-9-10-11-12-13-14-15-16-27-23-33(39-25-32(38-26-39)35(40)43-4)37(3)22-20-31-30(34(27)37)18-17-28-24-29(44-45(5,41)42)19-21-36(28,31)2/h17-20,22-26H,6-16,21H2,1-5H3/t36-,37-/m1/s1. The third-order valence-corrected chi connectivity index (χ3v) is 10.3. The first-order valence-corrected chi connectivity index (χ1v) is 18.3. The molecule has 45 heavy (non-hydrogen) atoms. The van der Waals surface area contributed by atoms with Crippen LogP contribution in [0.3, 0.4) is 0 Å². The van der Waals surface area contributed by atoms with E-state index < -0.39 is 21.5 Å². The van der Waals surface area contributed by atoms with Crippen molar-refractivity contribution in [1.82, 2.24) is 9.55 Å². The molecule has 0 bridgehead atoms. The highest BCUT2D eigenvalue weighted by Gasteiger charge is 2.46. The summed E-state index contributed by atoms with van der Waals surface area (Å²) in [7, 11) is -2.24. The predicted molar refractivity (Wildman–Crippen MR) is 180 cm³/mol. The van der Waals surface area contributed by atoms with Crippen molar-refractivity contribution in [2.24, 2.45) is 10.8 Å². The van der Waals surface area contributed by atoms with Gasteiger partial charge in [-0.15, -0.1) is 0 Å². The van der Waals surface area contributed by atoms with Gasteiger partial charge in [0.05, 0.1) is 25.1 Å². The zero-order chi connectivity index (χ0) is 32.2. The van der Waals surface area contributed by atoms with Crippen molar-refractivity contribution >= 4 is 21.8 Å². The third kappa shape index (κ3) is 6.91.